The second kappa shape index (κ2) is 14.4. The van der Waals surface area contributed by atoms with Crippen molar-refractivity contribution in [3.63, 3.8) is 0 Å². The summed E-state index contributed by atoms with van der Waals surface area (Å²) < 4.78 is 0. The maximum absolute atomic E-state index is 5.89. The summed E-state index contributed by atoms with van der Waals surface area (Å²) in [7, 11) is 0. The predicted molar refractivity (Wildman–Crippen MR) is 81.0 cm³/mol. The lowest BCUT2D eigenvalue weighted by Crippen LogP contribution is -1.99. The molecule has 0 radical (unpaired) electrons. The molecule has 0 aliphatic heterocycles. The molecule has 17 heavy (non-hydrogen) atoms. The van der Waals surface area contributed by atoms with Crippen LogP contribution in [0.5, 0.6) is 0 Å². The predicted octanol–water partition coefficient (Wildman–Crippen LogP) is 6.56. The van der Waals surface area contributed by atoms with Gasteiger partial charge in [-0.1, -0.05) is 84.5 Å². The molecule has 0 bridgehead atoms. The molecular formula is C16H33Cl. The molecule has 0 fully saturated rings. The van der Waals surface area contributed by atoms with Crippen molar-refractivity contribution < 1.29 is 0 Å². The second-order valence-electron chi connectivity index (χ2n) is 5.40. The van der Waals surface area contributed by atoms with Crippen LogP contribution in [-0.4, -0.2) is 5.88 Å². The van der Waals surface area contributed by atoms with E-state index < -0.39 is 0 Å². The van der Waals surface area contributed by atoms with Gasteiger partial charge in [0.15, 0.2) is 0 Å². The fourth-order valence-electron chi connectivity index (χ4n) is 2.31. The van der Waals surface area contributed by atoms with Crippen LogP contribution >= 0.6 is 11.6 Å². The van der Waals surface area contributed by atoms with E-state index in [2.05, 4.69) is 13.8 Å². The molecule has 0 saturated carbocycles. The molecule has 104 valence electrons. The first kappa shape index (κ1) is 17.3. The molecule has 0 aliphatic carbocycles. The zero-order valence-corrected chi connectivity index (χ0v) is 12.9. The number of halogens is 1. The summed E-state index contributed by atoms with van der Waals surface area (Å²) >= 11 is 5.89. The number of alkyl halides is 1. The van der Waals surface area contributed by atoms with E-state index in [1.807, 2.05) is 0 Å². The molecule has 0 N–H and O–H groups in total. The third-order valence-electron chi connectivity index (χ3n) is 3.76. The van der Waals surface area contributed by atoms with Crippen molar-refractivity contribution >= 4 is 11.6 Å². The van der Waals surface area contributed by atoms with E-state index >= 15 is 0 Å². The van der Waals surface area contributed by atoms with E-state index in [4.69, 9.17) is 11.6 Å². The molecule has 1 atom stereocenters. The molecule has 1 unspecified atom stereocenters. The fraction of sp³-hybridized carbons (Fsp3) is 1.00. The van der Waals surface area contributed by atoms with Gasteiger partial charge in [0.25, 0.3) is 0 Å². The van der Waals surface area contributed by atoms with Gasteiger partial charge in [0.1, 0.15) is 0 Å². The molecule has 0 aliphatic rings. The number of rotatable bonds is 13. The molecule has 0 aromatic heterocycles. The molecule has 0 spiro atoms. The highest BCUT2D eigenvalue weighted by Crippen LogP contribution is 2.16. The van der Waals surface area contributed by atoms with E-state index in [0.29, 0.717) is 0 Å². The van der Waals surface area contributed by atoms with Gasteiger partial charge in [-0.05, 0) is 12.3 Å². The van der Waals surface area contributed by atoms with Crippen LogP contribution in [0.3, 0.4) is 0 Å². The summed E-state index contributed by atoms with van der Waals surface area (Å²) in [6.07, 6.45) is 16.9. The van der Waals surface area contributed by atoms with Gasteiger partial charge < -0.3 is 0 Å². The third kappa shape index (κ3) is 12.5. The molecule has 0 saturated heterocycles. The minimum Gasteiger partial charge on any atom is -0.126 e. The molecule has 0 amide bonds. The number of unbranched alkanes of at least 4 members (excludes halogenated alkanes) is 9. The largest absolute Gasteiger partial charge is 0.126 e. The van der Waals surface area contributed by atoms with Gasteiger partial charge in [0, 0.05) is 5.88 Å². The van der Waals surface area contributed by atoms with Crippen molar-refractivity contribution in [2.45, 2.75) is 90.9 Å². The van der Waals surface area contributed by atoms with Crippen LogP contribution in [0.15, 0.2) is 0 Å². The van der Waals surface area contributed by atoms with Gasteiger partial charge in [0.2, 0.25) is 0 Å². The first-order valence-electron chi connectivity index (χ1n) is 7.91. The Morgan fingerprint density at radius 3 is 1.59 bits per heavy atom. The lowest BCUT2D eigenvalue weighted by Gasteiger charge is -2.10. The van der Waals surface area contributed by atoms with Crippen LogP contribution in [0.25, 0.3) is 0 Å². The molecule has 0 rings (SSSR count). The first-order chi connectivity index (χ1) is 8.35. The Morgan fingerprint density at radius 2 is 1.18 bits per heavy atom. The smallest absolute Gasteiger partial charge is 0.0251 e. The highest BCUT2D eigenvalue weighted by atomic mass is 35.5. The Hall–Kier alpha value is 0.290. The van der Waals surface area contributed by atoms with Gasteiger partial charge in [-0.25, -0.2) is 0 Å². The summed E-state index contributed by atoms with van der Waals surface area (Å²) in [6, 6.07) is 0. The maximum atomic E-state index is 5.89. The van der Waals surface area contributed by atoms with Crippen LogP contribution < -0.4 is 0 Å². The van der Waals surface area contributed by atoms with Crippen molar-refractivity contribution in [1.29, 1.82) is 0 Å². The highest BCUT2D eigenvalue weighted by Gasteiger charge is 2.03. The van der Waals surface area contributed by atoms with Crippen LogP contribution in [0, 0.1) is 5.92 Å². The lowest BCUT2D eigenvalue weighted by molar-refractivity contribution is 0.473. The molecule has 0 heterocycles. The van der Waals surface area contributed by atoms with Gasteiger partial charge in [0.05, 0.1) is 0 Å². The normalized spacial score (nSPS) is 12.9. The zero-order valence-electron chi connectivity index (χ0n) is 12.1. The standard InChI is InChI=1S/C16H33Cl/c1-3-5-6-7-8-9-10-11-12-13-14-16(4-2)15-17/h16H,3-15H2,1-2H3. The van der Waals surface area contributed by atoms with E-state index in [1.165, 1.54) is 77.0 Å². The van der Waals surface area contributed by atoms with Crippen molar-refractivity contribution in [3.05, 3.63) is 0 Å². The van der Waals surface area contributed by atoms with Crippen molar-refractivity contribution in [3.8, 4) is 0 Å². The SMILES string of the molecule is CCCCCCCCCCCCC(CC)CCl. The third-order valence-corrected chi connectivity index (χ3v) is 4.20. The average Bonchev–Trinajstić information content (AvgIpc) is 2.36. The summed E-state index contributed by atoms with van der Waals surface area (Å²) in [6.45, 7) is 4.54. The summed E-state index contributed by atoms with van der Waals surface area (Å²) in [5.41, 5.74) is 0. The second-order valence-corrected chi connectivity index (χ2v) is 5.71. The zero-order chi connectivity index (χ0) is 12.8. The van der Waals surface area contributed by atoms with E-state index in [1.54, 1.807) is 0 Å². The Kier molecular flexibility index (Phi) is 14.6. The molecule has 0 aromatic rings. The Bertz CT molecular complexity index is 129. The lowest BCUT2D eigenvalue weighted by atomic mass is 9.99. The fourth-order valence-corrected chi connectivity index (χ4v) is 2.68. The maximum Gasteiger partial charge on any atom is 0.0251 e. The van der Waals surface area contributed by atoms with Crippen LogP contribution in [0.2, 0.25) is 0 Å². The van der Waals surface area contributed by atoms with E-state index in [0.717, 1.165) is 11.8 Å². The number of hydrogen-bond acceptors (Lipinski definition) is 0. The van der Waals surface area contributed by atoms with Crippen molar-refractivity contribution in [2.24, 2.45) is 5.92 Å². The monoisotopic (exact) mass is 260 g/mol. The van der Waals surface area contributed by atoms with Crippen LogP contribution in [0.4, 0.5) is 0 Å². The molecule has 0 nitrogen and oxygen atoms in total. The van der Waals surface area contributed by atoms with E-state index in [-0.39, 0.29) is 0 Å². The van der Waals surface area contributed by atoms with Crippen LogP contribution in [0.1, 0.15) is 90.9 Å². The topological polar surface area (TPSA) is 0 Å². The Balaban J connectivity index is 3.03. The first-order valence-corrected chi connectivity index (χ1v) is 8.44. The van der Waals surface area contributed by atoms with Gasteiger partial charge in [-0.15, -0.1) is 11.6 Å². The minimum atomic E-state index is 0.769. The molecular weight excluding hydrogens is 228 g/mol. The molecule has 0 aromatic carbocycles. The quantitative estimate of drug-likeness (QED) is 0.260. The minimum absolute atomic E-state index is 0.769. The van der Waals surface area contributed by atoms with Gasteiger partial charge >= 0.3 is 0 Å². The summed E-state index contributed by atoms with van der Waals surface area (Å²) in [4.78, 5) is 0. The average molecular weight is 261 g/mol. The highest BCUT2D eigenvalue weighted by molar-refractivity contribution is 6.18. The van der Waals surface area contributed by atoms with Crippen molar-refractivity contribution in [1.82, 2.24) is 0 Å². The summed E-state index contributed by atoms with van der Waals surface area (Å²) in [5.74, 6) is 1.62. The Morgan fingerprint density at radius 1 is 0.706 bits per heavy atom. The van der Waals surface area contributed by atoms with Crippen LogP contribution in [-0.2, 0) is 0 Å². The van der Waals surface area contributed by atoms with Gasteiger partial charge in [-0.2, -0.15) is 0 Å². The van der Waals surface area contributed by atoms with E-state index in [9.17, 15) is 0 Å². The van der Waals surface area contributed by atoms with Gasteiger partial charge in [-0.3, -0.25) is 0 Å². The Labute approximate surface area is 115 Å². The summed E-state index contributed by atoms with van der Waals surface area (Å²) in [5, 5.41) is 0. The number of hydrogen-bond donors (Lipinski definition) is 0. The molecule has 1 heteroatoms. The van der Waals surface area contributed by atoms with Crippen molar-refractivity contribution in [2.75, 3.05) is 5.88 Å².